The van der Waals surface area contributed by atoms with Crippen LogP contribution in [0.25, 0.3) is 0 Å². The number of rotatable bonds is 3. The van der Waals surface area contributed by atoms with Crippen molar-refractivity contribution >= 4 is 15.9 Å². The Morgan fingerprint density at radius 2 is 2.10 bits per heavy atom. The predicted octanol–water partition coefficient (Wildman–Crippen LogP) is -2.47. The first kappa shape index (κ1) is 9.34. The molecule has 0 saturated heterocycles. The van der Waals surface area contributed by atoms with Crippen molar-refractivity contribution in [3.8, 4) is 0 Å². The molecule has 0 rings (SSSR count). The van der Waals surface area contributed by atoms with Crippen LogP contribution in [-0.4, -0.2) is 27.1 Å². The van der Waals surface area contributed by atoms with E-state index in [2.05, 4.69) is 11.2 Å². The molecule has 0 aromatic rings. The molecule has 0 aliphatic carbocycles. The lowest BCUT2D eigenvalue weighted by Crippen LogP contribution is -2.38. The van der Waals surface area contributed by atoms with Gasteiger partial charge in [-0.1, -0.05) is 0 Å². The third kappa shape index (κ3) is 3.38. The number of nitrogens with one attached hydrogen (secondary N) is 2. The Morgan fingerprint density at radius 1 is 1.60 bits per heavy atom. The fourth-order valence-corrected chi connectivity index (χ4v) is 0.859. The van der Waals surface area contributed by atoms with E-state index >= 15 is 0 Å². The summed E-state index contributed by atoms with van der Waals surface area (Å²) in [6.45, 7) is 0. The van der Waals surface area contributed by atoms with Crippen molar-refractivity contribution in [3.05, 3.63) is 0 Å². The maximum absolute atomic E-state index is 10.5. The molecule has 0 bridgehead atoms. The molecule has 60 valence electrons. The second kappa shape index (κ2) is 3.49. The Hall–Kier alpha value is -0.660. The molecule has 4 N–H and O–H groups in total. The highest BCUT2D eigenvalue weighted by Gasteiger charge is 2.11. The van der Waals surface area contributed by atoms with E-state index in [1.54, 1.807) is 0 Å². The van der Waals surface area contributed by atoms with Crippen LogP contribution in [0.2, 0.25) is 0 Å². The average Bonchev–Trinajstić information content (AvgIpc) is 1.87. The largest absolute Gasteiger partial charge is 0.358 e. The first-order chi connectivity index (χ1) is 4.52. The number of nitrogens with two attached hydrogens (primary N) is 1. The van der Waals surface area contributed by atoms with Crippen molar-refractivity contribution in [3.63, 3.8) is 0 Å². The van der Waals surface area contributed by atoms with Crippen LogP contribution in [0.5, 0.6) is 0 Å². The summed E-state index contributed by atoms with van der Waals surface area (Å²) >= 11 is 0. The van der Waals surface area contributed by atoms with E-state index in [0.717, 1.165) is 0 Å². The summed E-state index contributed by atoms with van der Waals surface area (Å²) in [5.41, 5.74) is 0. The molecule has 0 saturated carbocycles. The first-order valence-electron chi connectivity index (χ1n) is 2.42. The highest BCUT2D eigenvalue weighted by atomic mass is 32.2. The Bertz CT molecular complexity index is 209. The maximum atomic E-state index is 10.5. The van der Waals surface area contributed by atoms with E-state index in [1.165, 1.54) is 11.9 Å². The Kier molecular flexibility index (Phi) is 3.26. The zero-order chi connectivity index (χ0) is 8.20. The van der Waals surface area contributed by atoms with E-state index in [0.29, 0.717) is 0 Å². The van der Waals surface area contributed by atoms with Gasteiger partial charge in [0.1, 0.15) is 5.75 Å². The number of hydrogen-bond acceptors (Lipinski definition) is 4. The van der Waals surface area contributed by atoms with E-state index in [-0.39, 0.29) is 0 Å². The van der Waals surface area contributed by atoms with Crippen LogP contribution < -0.4 is 16.0 Å². The topological polar surface area (TPSA) is 101 Å². The lowest BCUT2D eigenvalue weighted by molar-refractivity contribution is -0.118. The highest BCUT2D eigenvalue weighted by molar-refractivity contribution is 7.90. The summed E-state index contributed by atoms with van der Waals surface area (Å²) in [6.07, 6.45) is 0. The number of hydrogen-bond donors (Lipinski definition) is 3. The van der Waals surface area contributed by atoms with Gasteiger partial charge >= 0.3 is 0 Å². The Balaban J connectivity index is 4.03. The first-order valence-corrected chi connectivity index (χ1v) is 4.07. The molecule has 0 aliphatic heterocycles. The number of hydrazine groups is 1. The summed E-state index contributed by atoms with van der Waals surface area (Å²) in [5, 5.41) is 2.14. The molecule has 0 atom stereocenters. The van der Waals surface area contributed by atoms with Gasteiger partial charge in [0.2, 0.25) is 15.9 Å². The van der Waals surface area contributed by atoms with Gasteiger partial charge in [-0.25, -0.2) is 8.42 Å². The molecule has 0 aromatic heterocycles. The molecular formula is C3H9N3O3S. The second-order valence-corrected chi connectivity index (χ2v) is 3.30. The summed E-state index contributed by atoms with van der Waals surface area (Å²) < 4.78 is 20.9. The molecule has 0 aromatic carbocycles. The molecule has 0 fully saturated rings. The quantitative estimate of drug-likeness (QED) is 0.320. The zero-order valence-corrected chi connectivity index (χ0v) is 6.23. The van der Waals surface area contributed by atoms with Gasteiger partial charge in [-0.3, -0.25) is 10.6 Å². The van der Waals surface area contributed by atoms with Gasteiger partial charge in [-0.15, -0.1) is 0 Å². The average molecular weight is 167 g/mol. The van der Waals surface area contributed by atoms with Gasteiger partial charge in [0.25, 0.3) is 0 Å². The van der Waals surface area contributed by atoms with E-state index in [4.69, 9.17) is 0 Å². The van der Waals surface area contributed by atoms with Crippen LogP contribution in [0, 0.1) is 0 Å². The Labute approximate surface area is 58.8 Å². The van der Waals surface area contributed by atoms with Crippen molar-refractivity contribution in [1.29, 1.82) is 0 Å². The molecule has 1 amide bonds. The van der Waals surface area contributed by atoms with Crippen molar-refractivity contribution < 1.29 is 13.2 Å². The van der Waals surface area contributed by atoms with Crippen LogP contribution in [0.1, 0.15) is 0 Å². The fraction of sp³-hybridized carbons (Fsp3) is 0.667. The SMILES string of the molecule is CNC(=O)CS(=O)(=O)NN. The monoisotopic (exact) mass is 167 g/mol. The van der Waals surface area contributed by atoms with Gasteiger partial charge in [-0.05, 0) is 0 Å². The standard InChI is InChI=1S/C3H9N3O3S/c1-5-3(7)2-10(8,9)6-4/h6H,2,4H2,1H3,(H,5,7). The van der Waals surface area contributed by atoms with Crippen LogP contribution in [0.3, 0.4) is 0 Å². The van der Waals surface area contributed by atoms with Crippen molar-refractivity contribution in [2.45, 2.75) is 0 Å². The number of sulfonamides is 1. The van der Waals surface area contributed by atoms with E-state index in [9.17, 15) is 13.2 Å². The van der Waals surface area contributed by atoms with Crippen LogP contribution >= 0.6 is 0 Å². The number of amides is 1. The van der Waals surface area contributed by atoms with Crippen LogP contribution in [0.15, 0.2) is 0 Å². The van der Waals surface area contributed by atoms with E-state index in [1.807, 2.05) is 0 Å². The summed E-state index contributed by atoms with van der Waals surface area (Å²) in [6, 6.07) is 0. The van der Waals surface area contributed by atoms with Crippen molar-refractivity contribution in [2.75, 3.05) is 12.8 Å². The molecule has 10 heavy (non-hydrogen) atoms. The van der Waals surface area contributed by atoms with Gasteiger partial charge < -0.3 is 5.32 Å². The van der Waals surface area contributed by atoms with Gasteiger partial charge in [0.15, 0.2) is 0 Å². The maximum Gasteiger partial charge on any atom is 0.236 e. The lowest BCUT2D eigenvalue weighted by atomic mass is 10.7. The molecule has 0 unspecified atom stereocenters. The molecular weight excluding hydrogens is 158 g/mol. The highest BCUT2D eigenvalue weighted by Crippen LogP contribution is 1.78. The van der Waals surface area contributed by atoms with E-state index < -0.39 is 21.7 Å². The summed E-state index contributed by atoms with van der Waals surface area (Å²) in [4.78, 5) is 11.9. The molecule has 0 aliphatic rings. The molecule has 7 heteroatoms. The third-order valence-corrected chi connectivity index (χ3v) is 1.78. The zero-order valence-electron chi connectivity index (χ0n) is 5.42. The van der Waals surface area contributed by atoms with Crippen LogP contribution in [-0.2, 0) is 14.8 Å². The fourth-order valence-electron chi connectivity index (χ4n) is 0.286. The van der Waals surface area contributed by atoms with Gasteiger partial charge in [0, 0.05) is 7.05 Å². The molecule has 0 spiro atoms. The van der Waals surface area contributed by atoms with Crippen LogP contribution in [0.4, 0.5) is 0 Å². The van der Waals surface area contributed by atoms with Crippen molar-refractivity contribution in [1.82, 2.24) is 10.1 Å². The second-order valence-electron chi connectivity index (χ2n) is 1.55. The van der Waals surface area contributed by atoms with Crippen molar-refractivity contribution in [2.24, 2.45) is 5.84 Å². The molecule has 6 nitrogen and oxygen atoms in total. The predicted molar refractivity (Wildman–Crippen MR) is 35.2 cm³/mol. The summed E-state index contributed by atoms with van der Waals surface area (Å²) in [5.74, 6) is 3.35. The van der Waals surface area contributed by atoms with Gasteiger partial charge in [0.05, 0.1) is 0 Å². The Morgan fingerprint density at radius 3 is 2.40 bits per heavy atom. The minimum Gasteiger partial charge on any atom is -0.358 e. The number of carbonyl (C=O) groups excluding carboxylic acids is 1. The summed E-state index contributed by atoms with van der Waals surface area (Å²) in [7, 11) is -2.27. The lowest BCUT2D eigenvalue weighted by Gasteiger charge is -1.98. The smallest absolute Gasteiger partial charge is 0.236 e. The van der Waals surface area contributed by atoms with Gasteiger partial charge in [-0.2, -0.15) is 4.83 Å². The normalized spacial score (nSPS) is 11.0. The molecule has 0 radical (unpaired) electrons. The minimum atomic E-state index is -3.62. The molecule has 0 heterocycles. The minimum absolute atomic E-state index is 0.599. The third-order valence-electron chi connectivity index (χ3n) is 0.780. The number of carbonyl (C=O) groups is 1.